The van der Waals surface area contributed by atoms with Crippen LogP contribution in [0.3, 0.4) is 0 Å². The van der Waals surface area contributed by atoms with Crippen molar-refractivity contribution in [3.63, 3.8) is 0 Å². The van der Waals surface area contributed by atoms with E-state index in [-0.39, 0.29) is 18.0 Å². The molecular formula is C13H24N2O3. The quantitative estimate of drug-likeness (QED) is 0.680. The summed E-state index contributed by atoms with van der Waals surface area (Å²) in [5, 5.41) is 14.6. The average molecular weight is 256 g/mol. The van der Waals surface area contributed by atoms with E-state index < -0.39 is 11.4 Å². The number of carboxylic acid groups (broad SMARTS) is 1. The molecule has 5 heteroatoms. The summed E-state index contributed by atoms with van der Waals surface area (Å²) in [7, 11) is 0. The first-order chi connectivity index (χ1) is 8.31. The third-order valence-electron chi connectivity index (χ3n) is 4.04. The summed E-state index contributed by atoms with van der Waals surface area (Å²) in [6.07, 6.45) is 3.22. The number of hydrogen-bond donors (Lipinski definition) is 3. The van der Waals surface area contributed by atoms with Crippen LogP contribution in [-0.4, -0.2) is 30.2 Å². The van der Waals surface area contributed by atoms with Gasteiger partial charge in [-0.25, -0.2) is 4.79 Å². The van der Waals surface area contributed by atoms with Gasteiger partial charge in [-0.15, -0.1) is 0 Å². The third-order valence-corrected chi connectivity index (χ3v) is 4.04. The highest BCUT2D eigenvalue weighted by molar-refractivity contribution is 5.78. The Morgan fingerprint density at radius 2 is 1.89 bits per heavy atom. The van der Waals surface area contributed by atoms with E-state index in [0.29, 0.717) is 19.4 Å². The van der Waals surface area contributed by atoms with Gasteiger partial charge in [0.05, 0.1) is 5.41 Å². The van der Waals surface area contributed by atoms with Gasteiger partial charge in [0, 0.05) is 13.1 Å². The third kappa shape index (κ3) is 3.62. The number of urea groups is 1. The molecule has 0 aromatic heterocycles. The fourth-order valence-corrected chi connectivity index (χ4v) is 1.83. The van der Waals surface area contributed by atoms with Crippen molar-refractivity contribution in [2.45, 2.75) is 46.5 Å². The standard InChI is InChI=1S/C13H24N2O3/c1-4-12(2,3)8-14-11(18)15-9-13(10(16)17)6-5-7-13/h4-9H2,1-3H3,(H,16,17)(H2,14,15,18). The van der Waals surface area contributed by atoms with Gasteiger partial charge in [-0.2, -0.15) is 0 Å². The van der Waals surface area contributed by atoms with Gasteiger partial charge >= 0.3 is 12.0 Å². The second-order valence-corrected chi connectivity index (χ2v) is 5.99. The van der Waals surface area contributed by atoms with E-state index >= 15 is 0 Å². The fraction of sp³-hybridized carbons (Fsp3) is 0.846. The van der Waals surface area contributed by atoms with Crippen LogP contribution in [0.4, 0.5) is 4.79 Å². The van der Waals surface area contributed by atoms with E-state index in [0.717, 1.165) is 12.8 Å². The number of rotatable bonds is 6. The zero-order valence-corrected chi connectivity index (χ0v) is 11.5. The summed E-state index contributed by atoms with van der Waals surface area (Å²) in [5.74, 6) is -0.803. The van der Waals surface area contributed by atoms with Crippen LogP contribution < -0.4 is 10.6 Å². The Morgan fingerprint density at radius 1 is 1.28 bits per heavy atom. The maximum absolute atomic E-state index is 11.6. The highest BCUT2D eigenvalue weighted by Gasteiger charge is 2.44. The number of hydrogen-bond acceptors (Lipinski definition) is 2. The van der Waals surface area contributed by atoms with Crippen molar-refractivity contribution in [3.8, 4) is 0 Å². The van der Waals surface area contributed by atoms with Gasteiger partial charge in [-0.1, -0.05) is 27.2 Å². The normalized spacial score (nSPS) is 17.7. The van der Waals surface area contributed by atoms with Crippen LogP contribution in [0.15, 0.2) is 0 Å². The zero-order valence-electron chi connectivity index (χ0n) is 11.5. The van der Waals surface area contributed by atoms with Crippen molar-refractivity contribution in [2.75, 3.05) is 13.1 Å². The lowest BCUT2D eigenvalue weighted by molar-refractivity contribution is -0.153. The molecule has 0 atom stereocenters. The van der Waals surface area contributed by atoms with Crippen LogP contribution in [0.2, 0.25) is 0 Å². The van der Waals surface area contributed by atoms with E-state index in [2.05, 4.69) is 31.4 Å². The Labute approximate surface area is 108 Å². The number of amides is 2. The Morgan fingerprint density at radius 3 is 2.28 bits per heavy atom. The minimum atomic E-state index is -0.803. The molecule has 0 unspecified atom stereocenters. The topological polar surface area (TPSA) is 78.4 Å². The van der Waals surface area contributed by atoms with Gasteiger partial charge in [0.1, 0.15) is 0 Å². The molecule has 0 spiro atoms. The lowest BCUT2D eigenvalue weighted by Gasteiger charge is -2.37. The maximum atomic E-state index is 11.6. The molecule has 18 heavy (non-hydrogen) atoms. The summed E-state index contributed by atoms with van der Waals surface area (Å²) in [6.45, 7) is 7.05. The van der Waals surface area contributed by atoms with Crippen LogP contribution in [-0.2, 0) is 4.79 Å². The van der Waals surface area contributed by atoms with E-state index in [1.54, 1.807) is 0 Å². The molecule has 0 saturated heterocycles. The lowest BCUT2D eigenvalue weighted by atomic mass is 9.69. The summed E-state index contributed by atoms with van der Waals surface area (Å²) in [6, 6.07) is -0.274. The van der Waals surface area contributed by atoms with Crippen LogP contribution in [0.1, 0.15) is 46.5 Å². The molecule has 0 aromatic carbocycles. The maximum Gasteiger partial charge on any atom is 0.314 e. The number of carbonyl (C=O) groups excluding carboxylic acids is 1. The lowest BCUT2D eigenvalue weighted by Crippen LogP contribution is -2.50. The SMILES string of the molecule is CCC(C)(C)CNC(=O)NCC1(C(=O)O)CCC1. The number of aliphatic carboxylic acids is 1. The number of carbonyl (C=O) groups is 2. The van der Waals surface area contributed by atoms with Crippen molar-refractivity contribution in [2.24, 2.45) is 10.8 Å². The number of nitrogens with one attached hydrogen (secondary N) is 2. The first kappa shape index (κ1) is 14.8. The smallest absolute Gasteiger partial charge is 0.314 e. The molecule has 0 radical (unpaired) electrons. The first-order valence-electron chi connectivity index (χ1n) is 6.56. The Hall–Kier alpha value is -1.26. The molecule has 2 amide bonds. The van der Waals surface area contributed by atoms with E-state index in [9.17, 15) is 9.59 Å². The Balaban J connectivity index is 2.31. The predicted molar refractivity (Wildman–Crippen MR) is 69.4 cm³/mol. The Bertz CT molecular complexity index is 322. The van der Waals surface area contributed by atoms with Gasteiger partial charge in [0.2, 0.25) is 0 Å². The second kappa shape index (κ2) is 5.59. The van der Waals surface area contributed by atoms with Crippen LogP contribution in [0.25, 0.3) is 0 Å². The summed E-state index contributed by atoms with van der Waals surface area (Å²) in [5.41, 5.74) is -0.657. The monoisotopic (exact) mass is 256 g/mol. The molecule has 1 saturated carbocycles. The van der Waals surface area contributed by atoms with Crippen LogP contribution in [0.5, 0.6) is 0 Å². The Kier molecular flexibility index (Phi) is 4.59. The first-order valence-corrected chi connectivity index (χ1v) is 6.56. The van der Waals surface area contributed by atoms with E-state index in [1.807, 2.05) is 0 Å². The van der Waals surface area contributed by atoms with Gasteiger partial charge < -0.3 is 15.7 Å². The van der Waals surface area contributed by atoms with Crippen molar-refractivity contribution < 1.29 is 14.7 Å². The molecule has 1 rings (SSSR count). The fourth-order valence-electron chi connectivity index (χ4n) is 1.83. The largest absolute Gasteiger partial charge is 0.481 e. The number of carboxylic acids is 1. The highest BCUT2D eigenvalue weighted by atomic mass is 16.4. The zero-order chi connectivity index (χ0) is 13.8. The molecule has 1 fully saturated rings. The average Bonchev–Trinajstić information content (AvgIpc) is 2.24. The van der Waals surface area contributed by atoms with Crippen LogP contribution >= 0.6 is 0 Å². The molecular weight excluding hydrogens is 232 g/mol. The van der Waals surface area contributed by atoms with Crippen molar-refractivity contribution in [1.82, 2.24) is 10.6 Å². The summed E-state index contributed by atoms with van der Waals surface area (Å²) >= 11 is 0. The van der Waals surface area contributed by atoms with Gasteiger partial charge in [0.15, 0.2) is 0 Å². The summed E-state index contributed by atoms with van der Waals surface area (Å²) < 4.78 is 0. The molecule has 0 aliphatic heterocycles. The van der Waals surface area contributed by atoms with Gasteiger partial charge in [-0.3, -0.25) is 4.79 Å². The van der Waals surface area contributed by atoms with Crippen molar-refractivity contribution >= 4 is 12.0 Å². The minimum absolute atomic E-state index is 0.0678. The van der Waals surface area contributed by atoms with Gasteiger partial charge in [0.25, 0.3) is 0 Å². The molecule has 0 aromatic rings. The molecule has 3 N–H and O–H groups in total. The van der Waals surface area contributed by atoms with E-state index in [1.165, 1.54) is 0 Å². The van der Waals surface area contributed by atoms with Gasteiger partial charge in [-0.05, 0) is 24.7 Å². The molecule has 0 heterocycles. The van der Waals surface area contributed by atoms with E-state index in [4.69, 9.17) is 5.11 Å². The molecule has 1 aliphatic carbocycles. The van der Waals surface area contributed by atoms with Crippen molar-refractivity contribution in [3.05, 3.63) is 0 Å². The minimum Gasteiger partial charge on any atom is -0.481 e. The van der Waals surface area contributed by atoms with Crippen molar-refractivity contribution in [1.29, 1.82) is 0 Å². The summed E-state index contributed by atoms with van der Waals surface area (Å²) in [4.78, 5) is 22.7. The van der Waals surface area contributed by atoms with Crippen LogP contribution in [0, 0.1) is 10.8 Å². The second-order valence-electron chi connectivity index (χ2n) is 5.99. The molecule has 1 aliphatic rings. The highest BCUT2D eigenvalue weighted by Crippen LogP contribution is 2.40. The predicted octanol–water partition coefficient (Wildman–Crippen LogP) is 1.98. The molecule has 0 bridgehead atoms. The molecule has 5 nitrogen and oxygen atoms in total. The molecule has 104 valence electrons.